The number of aromatic nitrogens is 4. The maximum atomic E-state index is 13.9. The van der Waals surface area contributed by atoms with Crippen molar-refractivity contribution in [2.75, 3.05) is 0 Å². The van der Waals surface area contributed by atoms with E-state index in [-0.39, 0.29) is 21.7 Å². The van der Waals surface area contributed by atoms with Crippen LogP contribution in [0.2, 0.25) is 5.02 Å². The van der Waals surface area contributed by atoms with Gasteiger partial charge in [-0.3, -0.25) is 4.79 Å². The fourth-order valence-electron chi connectivity index (χ4n) is 3.54. The maximum absolute atomic E-state index is 13.9. The minimum absolute atomic E-state index is 0.0242. The van der Waals surface area contributed by atoms with Crippen LogP contribution < -0.4 is 9.50 Å². The second kappa shape index (κ2) is 9.62. The molecular weight excluding hydrogens is 618 g/mol. The number of amides is 1. The highest BCUT2D eigenvalue weighted by Crippen LogP contribution is 2.45. The van der Waals surface area contributed by atoms with Crippen LogP contribution in [0.25, 0.3) is 16.9 Å². The van der Waals surface area contributed by atoms with Crippen LogP contribution in [0.5, 0.6) is 5.88 Å². The zero-order valence-corrected chi connectivity index (χ0v) is 21.7. The van der Waals surface area contributed by atoms with Crippen molar-refractivity contribution in [3.05, 3.63) is 46.7 Å². The molecule has 0 radical (unpaired) electrons. The Hall–Kier alpha value is -3.85. The predicted molar refractivity (Wildman–Crippen MR) is 125 cm³/mol. The van der Waals surface area contributed by atoms with Crippen molar-refractivity contribution in [3.63, 3.8) is 0 Å². The molecule has 1 aromatic carbocycles. The molecule has 4 rings (SSSR count). The Labute approximate surface area is 230 Å². The van der Waals surface area contributed by atoms with Gasteiger partial charge in [0.1, 0.15) is 5.54 Å². The summed E-state index contributed by atoms with van der Waals surface area (Å²) in [7, 11) is -6.23. The van der Waals surface area contributed by atoms with Gasteiger partial charge in [0.05, 0.1) is 16.8 Å². The summed E-state index contributed by atoms with van der Waals surface area (Å²) < 4.78 is 134. The van der Waals surface area contributed by atoms with Crippen LogP contribution in [0, 0.1) is 12.3 Å². The van der Waals surface area contributed by atoms with Crippen LogP contribution in [0.15, 0.2) is 30.6 Å². The molecule has 1 aliphatic rings. The second-order valence-electron chi connectivity index (χ2n) is 8.73. The molecule has 1 N–H and O–H groups in total. The average molecular weight is 632 g/mol. The van der Waals surface area contributed by atoms with Gasteiger partial charge in [-0.2, -0.15) is 48.6 Å². The number of nitrogens with one attached hydrogen (secondary N) is 1. The number of hydrogen-bond acceptors (Lipinski definition) is 6. The van der Waals surface area contributed by atoms with Crippen molar-refractivity contribution in [1.82, 2.24) is 24.9 Å². The summed E-state index contributed by atoms with van der Waals surface area (Å²) in [5.41, 5.74) is -2.65. The molecule has 1 fully saturated rings. The molecule has 0 bridgehead atoms. The Morgan fingerprint density at radius 3 is 2.32 bits per heavy atom. The first-order chi connectivity index (χ1) is 18.7. The summed E-state index contributed by atoms with van der Waals surface area (Å²) in [5, 5.41) is 2.92. The van der Waals surface area contributed by atoms with Crippen molar-refractivity contribution in [3.8, 4) is 35.2 Å². The van der Waals surface area contributed by atoms with Gasteiger partial charge in [0.25, 0.3) is 11.8 Å². The molecule has 19 heteroatoms. The topological polar surface area (TPSA) is 108 Å². The first kappa shape index (κ1) is 30.1. The first-order valence-electron chi connectivity index (χ1n) is 10.9. The lowest BCUT2D eigenvalue weighted by Gasteiger charge is -2.19. The van der Waals surface area contributed by atoms with Crippen molar-refractivity contribution in [2.45, 2.75) is 36.0 Å². The van der Waals surface area contributed by atoms with Crippen LogP contribution in [-0.4, -0.2) is 50.9 Å². The van der Waals surface area contributed by atoms with Crippen molar-refractivity contribution in [2.24, 2.45) is 7.05 Å². The van der Waals surface area contributed by atoms with Crippen molar-refractivity contribution >= 4 is 27.6 Å². The normalized spacial score (nSPS) is 15.3. The van der Waals surface area contributed by atoms with Crippen LogP contribution in [0.3, 0.4) is 0 Å². The lowest BCUT2D eigenvalue weighted by Crippen LogP contribution is -2.46. The van der Waals surface area contributed by atoms with Gasteiger partial charge in [0.15, 0.2) is 11.4 Å². The number of benzene rings is 1. The molecule has 2 heterocycles. The van der Waals surface area contributed by atoms with Gasteiger partial charge in [-0.15, -0.1) is 11.5 Å². The molecule has 220 valence electrons. The highest BCUT2D eigenvalue weighted by atomic mass is 35.5. The molecule has 0 saturated heterocycles. The van der Waals surface area contributed by atoms with E-state index in [9.17, 15) is 48.3 Å². The molecule has 1 saturated carbocycles. The van der Waals surface area contributed by atoms with Gasteiger partial charge in [-0.05, 0) is 30.5 Å². The summed E-state index contributed by atoms with van der Waals surface area (Å²) in [6, 6.07) is 4.00. The van der Waals surface area contributed by atoms with Crippen molar-refractivity contribution < 1.29 is 52.5 Å². The van der Waals surface area contributed by atoms with E-state index in [4.69, 9.17) is 18.0 Å². The zero-order chi connectivity index (χ0) is 30.8. The summed E-state index contributed by atoms with van der Waals surface area (Å²) >= 11 is 6.12. The van der Waals surface area contributed by atoms with Gasteiger partial charge < -0.3 is 9.50 Å². The van der Waals surface area contributed by atoms with E-state index >= 15 is 0 Å². The van der Waals surface area contributed by atoms with Crippen molar-refractivity contribution in [1.29, 1.82) is 0 Å². The molecule has 0 aliphatic heterocycles. The summed E-state index contributed by atoms with van der Waals surface area (Å²) in [6.45, 7) is 0. The number of nitrogens with zero attached hydrogens (tertiary/aromatic N) is 4. The summed E-state index contributed by atoms with van der Waals surface area (Å²) in [6.07, 6.45) is -3.77. The fourth-order valence-corrected chi connectivity index (χ4v) is 4.46. The van der Waals surface area contributed by atoms with E-state index in [1.165, 1.54) is 18.2 Å². The third kappa shape index (κ3) is 5.43. The van der Waals surface area contributed by atoms with Gasteiger partial charge in [-0.25, -0.2) is 9.36 Å². The Balaban J connectivity index is 1.74. The van der Waals surface area contributed by atoms with E-state index in [0.29, 0.717) is 22.2 Å². The third-order valence-corrected chi connectivity index (χ3v) is 7.39. The molecule has 1 amide bonds. The fraction of sp³-hybridized carbons (Fsp3) is 0.318. The molecule has 9 nitrogen and oxygen atoms in total. The standard InChI is InChI=1S/C22H14ClF8N5O4S/c1-3-19(6-7-19)33-16(37)13-8-11(4-5-14(13)23)12-9-32-36(10-12)18-15(20(24,25)26)17(34-35(18)2)40-41(38,39)22(30,31)21(27,28)29/h1,4-5,8-10H,6-7H2,2H3,(H,33,37). The number of alkyl halides is 8. The average Bonchev–Trinajstić information content (AvgIpc) is 3.29. The maximum Gasteiger partial charge on any atom is 0.475 e. The second-order valence-corrected chi connectivity index (χ2v) is 10.7. The Kier molecular flexibility index (Phi) is 7.06. The Morgan fingerprint density at radius 2 is 1.78 bits per heavy atom. The smallest absolute Gasteiger partial charge is 0.355 e. The number of carbonyl (C=O) groups excluding carboxylic acids is 1. The quantitative estimate of drug-likeness (QED) is 0.230. The molecule has 41 heavy (non-hydrogen) atoms. The molecule has 2 aromatic heterocycles. The minimum Gasteiger partial charge on any atom is -0.355 e. The summed E-state index contributed by atoms with van der Waals surface area (Å²) in [5.74, 6) is -1.35. The van der Waals surface area contributed by atoms with E-state index in [2.05, 4.69) is 25.6 Å². The lowest BCUT2D eigenvalue weighted by molar-refractivity contribution is -0.243. The molecule has 1 aliphatic carbocycles. The number of rotatable bonds is 7. The van der Waals surface area contributed by atoms with E-state index in [1.807, 2.05) is 0 Å². The van der Waals surface area contributed by atoms with E-state index in [1.54, 1.807) is 0 Å². The molecular formula is C22H14ClF8N5O4S. The number of hydrogen-bond donors (Lipinski definition) is 1. The minimum atomic E-state index is -7.03. The predicted octanol–water partition coefficient (Wildman–Crippen LogP) is 4.70. The van der Waals surface area contributed by atoms with E-state index in [0.717, 1.165) is 19.4 Å². The highest BCUT2D eigenvalue weighted by molar-refractivity contribution is 7.88. The van der Waals surface area contributed by atoms with Crippen LogP contribution >= 0.6 is 11.6 Å². The molecule has 0 unspecified atom stereocenters. The molecule has 0 spiro atoms. The largest absolute Gasteiger partial charge is 0.475 e. The number of aryl methyl sites for hydroxylation is 1. The summed E-state index contributed by atoms with van der Waals surface area (Å²) in [4.78, 5) is 12.7. The van der Waals surface area contributed by atoms with Gasteiger partial charge in [0, 0.05) is 18.8 Å². The first-order valence-corrected chi connectivity index (χ1v) is 12.7. The van der Waals surface area contributed by atoms with Crippen LogP contribution in [0.4, 0.5) is 35.1 Å². The lowest BCUT2D eigenvalue weighted by atomic mass is 10.1. The Bertz CT molecular complexity index is 1680. The monoisotopic (exact) mass is 631 g/mol. The molecule has 0 atom stereocenters. The zero-order valence-electron chi connectivity index (χ0n) is 20.1. The highest BCUT2D eigenvalue weighted by Gasteiger charge is 2.69. The SMILES string of the molecule is C#CC1(NC(=O)c2cc(-c3cnn(-c4c(C(F)(F)F)c(OS(=O)(=O)C(F)(F)C(F)(F)F)nn4C)c3)ccc2Cl)CC1. The van der Waals surface area contributed by atoms with E-state index < -0.39 is 56.4 Å². The van der Waals surface area contributed by atoms with Gasteiger partial charge in [0.2, 0.25) is 0 Å². The van der Waals surface area contributed by atoms with Crippen LogP contribution in [-0.2, 0) is 23.3 Å². The number of halogens is 9. The third-order valence-electron chi connectivity index (χ3n) is 5.82. The van der Waals surface area contributed by atoms with Crippen LogP contribution in [0.1, 0.15) is 28.8 Å². The van der Waals surface area contributed by atoms with Gasteiger partial charge in [-0.1, -0.05) is 23.6 Å². The number of carbonyl (C=O) groups is 1. The number of terminal acetylenes is 1. The Morgan fingerprint density at radius 1 is 1.15 bits per heavy atom. The van der Waals surface area contributed by atoms with Gasteiger partial charge >= 0.3 is 27.7 Å². The molecule has 3 aromatic rings.